The van der Waals surface area contributed by atoms with Gasteiger partial charge in [-0.15, -0.1) is 0 Å². The van der Waals surface area contributed by atoms with Gasteiger partial charge in [-0.2, -0.15) is 0 Å². The lowest BCUT2D eigenvalue weighted by atomic mass is 9.99. The van der Waals surface area contributed by atoms with Gasteiger partial charge in [0.2, 0.25) is 0 Å². The van der Waals surface area contributed by atoms with Crippen molar-refractivity contribution >= 4 is 16.7 Å². The van der Waals surface area contributed by atoms with Crippen molar-refractivity contribution in [3.63, 3.8) is 0 Å². The summed E-state index contributed by atoms with van der Waals surface area (Å²) in [5.74, 6) is -0.629. The molecule has 0 aliphatic heterocycles. The third-order valence-corrected chi connectivity index (χ3v) is 2.93. The molecule has 4 nitrogen and oxygen atoms in total. The van der Waals surface area contributed by atoms with Gasteiger partial charge in [-0.1, -0.05) is 36.4 Å². The predicted molar refractivity (Wildman–Crippen MR) is 68.9 cm³/mol. The molecule has 0 amide bonds. The first-order valence-electron chi connectivity index (χ1n) is 5.63. The number of aliphatic hydroxyl groups excluding tert-OH is 1. The highest BCUT2D eigenvalue weighted by Gasteiger charge is 2.24. The molecule has 0 fully saturated rings. The van der Waals surface area contributed by atoms with Gasteiger partial charge < -0.3 is 15.6 Å². The average molecular weight is 245 g/mol. The molecule has 2 aromatic carbocycles. The minimum atomic E-state index is -1.07. The summed E-state index contributed by atoms with van der Waals surface area (Å²) in [6.07, 6.45) is -1.07. The molecule has 0 aromatic heterocycles. The Labute approximate surface area is 105 Å². The van der Waals surface area contributed by atoms with Crippen molar-refractivity contribution in [1.82, 2.24) is 0 Å². The second-order valence-corrected chi connectivity index (χ2v) is 4.10. The van der Waals surface area contributed by atoms with Gasteiger partial charge in [0.15, 0.2) is 0 Å². The van der Waals surface area contributed by atoms with Crippen LogP contribution in [0.4, 0.5) is 0 Å². The van der Waals surface area contributed by atoms with Gasteiger partial charge in [0.05, 0.1) is 7.11 Å². The zero-order valence-electron chi connectivity index (χ0n) is 10.0. The molecule has 3 N–H and O–H groups in total. The number of hydrogen-bond donors (Lipinski definition) is 2. The zero-order valence-corrected chi connectivity index (χ0v) is 10.0. The Balaban J connectivity index is 2.33. The Kier molecular flexibility index (Phi) is 3.60. The third-order valence-electron chi connectivity index (χ3n) is 2.93. The number of methoxy groups -OCH3 is 1. The van der Waals surface area contributed by atoms with E-state index >= 15 is 0 Å². The minimum Gasteiger partial charge on any atom is -0.468 e. The van der Waals surface area contributed by atoms with E-state index in [9.17, 15) is 9.90 Å². The fourth-order valence-corrected chi connectivity index (χ4v) is 1.86. The molecule has 0 spiro atoms. The largest absolute Gasteiger partial charge is 0.468 e. The molecule has 0 aliphatic rings. The summed E-state index contributed by atoms with van der Waals surface area (Å²) in [7, 11) is 1.25. The van der Waals surface area contributed by atoms with Gasteiger partial charge in [0, 0.05) is 0 Å². The number of ether oxygens (including phenoxy) is 1. The van der Waals surface area contributed by atoms with Crippen LogP contribution in [0.1, 0.15) is 11.7 Å². The Morgan fingerprint density at radius 3 is 2.56 bits per heavy atom. The van der Waals surface area contributed by atoms with Crippen LogP contribution in [0.3, 0.4) is 0 Å². The fraction of sp³-hybridized carbons (Fsp3) is 0.214. The van der Waals surface area contributed by atoms with Crippen molar-refractivity contribution in [2.75, 3.05) is 7.11 Å². The van der Waals surface area contributed by atoms with Gasteiger partial charge in [0.25, 0.3) is 0 Å². The van der Waals surface area contributed by atoms with Crippen molar-refractivity contribution in [3.05, 3.63) is 48.0 Å². The molecule has 2 atom stereocenters. The summed E-state index contributed by atoms with van der Waals surface area (Å²) >= 11 is 0. The molecule has 2 aromatic rings. The van der Waals surface area contributed by atoms with E-state index < -0.39 is 18.1 Å². The number of hydrogen-bond acceptors (Lipinski definition) is 4. The van der Waals surface area contributed by atoms with Gasteiger partial charge in [-0.05, 0) is 22.4 Å². The highest BCUT2D eigenvalue weighted by Crippen LogP contribution is 2.22. The smallest absolute Gasteiger partial charge is 0.325 e. The minimum absolute atomic E-state index is 0.603. The molecule has 0 aliphatic carbocycles. The van der Waals surface area contributed by atoms with Gasteiger partial charge >= 0.3 is 5.97 Å². The van der Waals surface area contributed by atoms with Crippen LogP contribution in [0.15, 0.2) is 42.5 Å². The number of nitrogens with two attached hydrogens (primary N) is 1. The van der Waals surface area contributed by atoms with Crippen LogP contribution in [0.2, 0.25) is 0 Å². The molecule has 0 saturated heterocycles. The highest BCUT2D eigenvalue weighted by molar-refractivity contribution is 5.83. The van der Waals surface area contributed by atoms with Crippen molar-refractivity contribution in [2.24, 2.45) is 5.73 Å². The quantitative estimate of drug-likeness (QED) is 0.801. The monoisotopic (exact) mass is 245 g/mol. The van der Waals surface area contributed by atoms with E-state index in [-0.39, 0.29) is 0 Å². The normalized spacial score (nSPS) is 14.2. The first-order chi connectivity index (χ1) is 8.63. The lowest BCUT2D eigenvalue weighted by Gasteiger charge is -2.17. The number of fused-ring (bicyclic) bond motifs is 1. The van der Waals surface area contributed by atoms with E-state index in [1.165, 1.54) is 7.11 Å². The van der Waals surface area contributed by atoms with Crippen molar-refractivity contribution in [1.29, 1.82) is 0 Å². The summed E-state index contributed by atoms with van der Waals surface area (Å²) in [6, 6.07) is 12.2. The Morgan fingerprint density at radius 2 is 1.89 bits per heavy atom. The van der Waals surface area contributed by atoms with Crippen LogP contribution >= 0.6 is 0 Å². The van der Waals surface area contributed by atoms with Gasteiger partial charge in [-0.25, -0.2) is 0 Å². The number of benzene rings is 2. The van der Waals surface area contributed by atoms with Gasteiger partial charge in [0.1, 0.15) is 12.1 Å². The predicted octanol–water partition coefficient (Wildman–Crippen LogP) is 1.37. The number of aliphatic hydroxyl groups is 1. The third kappa shape index (κ3) is 2.34. The van der Waals surface area contributed by atoms with Gasteiger partial charge in [-0.3, -0.25) is 4.79 Å². The summed E-state index contributed by atoms with van der Waals surface area (Å²) in [5.41, 5.74) is 6.23. The number of carbonyl (C=O) groups excluding carboxylic acids is 1. The van der Waals surface area contributed by atoms with E-state index in [0.29, 0.717) is 5.56 Å². The SMILES string of the molecule is COC(=O)[C@H](N)[C@H](O)c1ccc2ccccc2c1. The summed E-state index contributed by atoms with van der Waals surface area (Å²) in [5, 5.41) is 12.1. The molecule has 0 bridgehead atoms. The molecule has 0 unspecified atom stereocenters. The summed E-state index contributed by atoms with van der Waals surface area (Å²) in [4.78, 5) is 11.3. The first kappa shape index (κ1) is 12.5. The lowest BCUT2D eigenvalue weighted by Crippen LogP contribution is -2.37. The lowest BCUT2D eigenvalue weighted by molar-refractivity contribution is -0.145. The maximum atomic E-state index is 11.3. The van der Waals surface area contributed by atoms with Crippen LogP contribution < -0.4 is 5.73 Å². The van der Waals surface area contributed by atoms with Crippen molar-refractivity contribution < 1.29 is 14.6 Å². The maximum Gasteiger partial charge on any atom is 0.325 e. The number of esters is 1. The Bertz CT molecular complexity index is 568. The Morgan fingerprint density at radius 1 is 1.22 bits per heavy atom. The van der Waals surface area contributed by atoms with E-state index in [2.05, 4.69) is 4.74 Å². The van der Waals surface area contributed by atoms with E-state index in [0.717, 1.165) is 10.8 Å². The molecule has 0 saturated carbocycles. The molecular weight excluding hydrogens is 230 g/mol. The van der Waals surface area contributed by atoms with Crippen LogP contribution in [0.5, 0.6) is 0 Å². The molecule has 0 heterocycles. The Hall–Kier alpha value is -1.91. The molecule has 94 valence electrons. The summed E-state index contributed by atoms with van der Waals surface area (Å²) in [6.45, 7) is 0. The van der Waals surface area contributed by atoms with Crippen molar-refractivity contribution in [2.45, 2.75) is 12.1 Å². The van der Waals surface area contributed by atoms with Crippen LogP contribution in [-0.2, 0) is 9.53 Å². The van der Waals surface area contributed by atoms with E-state index in [1.54, 1.807) is 6.07 Å². The molecule has 0 radical (unpaired) electrons. The highest BCUT2D eigenvalue weighted by atomic mass is 16.5. The second-order valence-electron chi connectivity index (χ2n) is 4.10. The molecular formula is C14H15NO3. The first-order valence-corrected chi connectivity index (χ1v) is 5.63. The zero-order chi connectivity index (χ0) is 13.1. The van der Waals surface area contributed by atoms with Crippen LogP contribution in [0, 0.1) is 0 Å². The standard InChI is InChI=1S/C14H15NO3/c1-18-14(17)12(15)13(16)11-7-6-9-4-2-3-5-10(9)8-11/h2-8,12-13,16H,15H2,1H3/t12-,13-/m1/s1. The second kappa shape index (κ2) is 5.16. The molecule has 4 heteroatoms. The van der Waals surface area contributed by atoms with E-state index in [4.69, 9.17) is 5.73 Å². The van der Waals surface area contributed by atoms with Crippen LogP contribution in [-0.4, -0.2) is 24.2 Å². The molecule has 18 heavy (non-hydrogen) atoms. The number of rotatable bonds is 3. The topological polar surface area (TPSA) is 72.5 Å². The number of carbonyl (C=O) groups is 1. The maximum absolute atomic E-state index is 11.3. The van der Waals surface area contributed by atoms with Crippen LogP contribution in [0.25, 0.3) is 10.8 Å². The van der Waals surface area contributed by atoms with E-state index in [1.807, 2.05) is 36.4 Å². The van der Waals surface area contributed by atoms with Crippen molar-refractivity contribution in [3.8, 4) is 0 Å². The average Bonchev–Trinajstić information content (AvgIpc) is 2.44. The summed E-state index contributed by atoms with van der Waals surface area (Å²) < 4.78 is 4.52. The molecule has 2 rings (SSSR count). The fourth-order valence-electron chi connectivity index (χ4n) is 1.86.